The van der Waals surface area contributed by atoms with Crippen molar-refractivity contribution in [2.45, 2.75) is 19.2 Å². The Morgan fingerprint density at radius 3 is 2.42 bits per heavy atom. The Kier molecular flexibility index (Phi) is 4.01. The number of hydrogen-bond acceptors (Lipinski definition) is 3. The van der Waals surface area contributed by atoms with Crippen molar-refractivity contribution in [3.8, 4) is 5.75 Å². The molecule has 1 aliphatic rings. The summed E-state index contributed by atoms with van der Waals surface area (Å²) in [5, 5.41) is 0. The minimum Gasteiger partial charge on any atom is -0.406 e. The molecule has 0 radical (unpaired) electrons. The second kappa shape index (κ2) is 5.38. The van der Waals surface area contributed by atoms with Crippen LogP contribution in [0.4, 0.5) is 13.2 Å². The molecule has 1 heterocycles. The van der Waals surface area contributed by atoms with Gasteiger partial charge in [0.15, 0.2) is 0 Å². The van der Waals surface area contributed by atoms with E-state index in [4.69, 9.17) is 10.5 Å². The average molecular weight is 275 g/mol. The van der Waals surface area contributed by atoms with Crippen LogP contribution < -0.4 is 10.5 Å². The first-order chi connectivity index (χ1) is 8.92. The number of hydrogen-bond donors (Lipinski definition) is 1. The van der Waals surface area contributed by atoms with Gasteiger partial charge in [-0.25, -0.2) is 0 Å². The average Bonchev–Trinajstić information content (AvgIpc) is 2.79. The fourth-order valence-corrected chi connectivity index (χ4v) is 2.26. The summed E-state index contributed by atoms with van der Waals surface area (Å²) < 4.78 is 45.3. The number of rotatable bonds is 4. The lowest BCUT2D eigenvalue weighted by Crippen LogP contribution is -2.33. The van der Waals surface area contributed by atoms with Crippen molar-refractivity contribution in [1.82, 2.24) is 0 Å². The Morgan fingerprint density at radius 1 is 1.26 bits per heavy atom. The van der Waals surface area contributed by atoms with Crippen LogP contribution in [0.15, 0.2) is 24.3 Å². The van der Waals surface area contributed by atoms with E-state index in [0.29, 0.717) is 26.2 Å². The van der Waals surface area contributed by atoms with Crippen LogP contribution in [0, 0.1) is 5.41 Å². The highest BCUT2D eigenvalue weighted by Crippen LogP contribution is 2.32. The van der Waals surface area contributed by atoms with E-state index in [1.807, 2.05) is 0 Å². The molecule has 2 rings (SSSR count). The second-order valence-corrected chi connectivity index (χ2v) is 4.88. The minimum atomic E-state index is -4.65. The van der Waals surface area contributed by atoms with Crippen LogP contribution in [-0.4, -0.2) is 26.1 Å². The fourth-order valence-electron chi connectivity index (χ4n) is 2.26. The van der Waals surface area contributed by atoms with E-state index in [1.54, 1.807) is 12.1 Å². The Hall–Kier alpha value is -1.27. The third kappa shape index (κ3) is 3.84. The maximum atomic E-state index is 12.0. The highest BCUT2D eigenvalue weighted by atomic mass is 19.4. The molecule has 1 fully saturated rings. The SMILES string of the molecule is NCC1(Cc2ccc(OC(F)(F)F)cc2)CCOC1. The highest BCUT2D eigenvalue weighted by Gasteiger charge is 2.34. The van der Waals surface area contributed by atoms with Crippen molar-refractivity contribution >= 4 is 0 Å². The third-order valence-electron chi connectivity index (χ3n) is 3.35. The Morgan fingerprint density at radius 2 is 1.95 bits per heavy atom. The molecule has 1 aliphatic heterocycles. The largest absolute Gasteiger partial charge is 0.573 e. The van der Waals surface area contributed by atoms with Crippen molar-refractivity contribution in [2.75, 3.05) is 19.8 Å². The van der Waals surface area contributed by atoms with E-state index in [1.165, 1.54) is 12.1 Å². The zero-order valence-electron chi connectivity index (χ0n) is 10.4. The van der Waals surface area contributed by atoms with Crippen molar-refractivity contribution in [3.05, 3.63) is 29.8 Å². The number of alkyl halides is 3. The van der Waals surface area contributed by atoms with Crippen LogP contribution in [0.1, 0.15) is 12.0 Å². The molecule has 1 aromatic carbocycles. The molecular formula is C13H16F3NO2. The summed E-state index contributed by atoms with van der Waals surface area (Å²) in [5.41, 5.74) is 6.62. The standard InChI is InChI=1S/C13H16F3NO2/c14-13(15,16)19-11-3-1-10(2-4-11)7-12(8-17)5-6-18-9-12/h1-4H,5-9,17H2. The van der Waals surface area contributed by atoms with E-state index in [2.05, 4.69) is 4.74 Å². The second-order valence-electron chi connectivity index (χ2n) is 4.88. The lowest BCUT2D eigenvalue weighted by Gasteiger charge is -2.25. The lowest BCUT2D eigenvalue weighted by molar-refractivity contribution is -0.274. The molecule has 0 amide bonds. The smallest absolute Gasteiger partial charge is 0.406 e. The van der Waals surface area contributed by atoms with Gasteiger partial charge in [-0.05, 0) is 30.5 Å². The normalized spacial score (nSPS) is 23.6. The van der Waals surface area contributed by atoms with Crippen molar-refractivity contribution in [2.24, 2.45) is 11.1 Å². The zero-order valence-corrected chi connectivity index (χ0v) is 10.4. The molecule has 3 nitrogen and oxygen atoms in total. The molecule has 0 saturated carbocycles. The maximum absolute atomic E-state index is 12.0. The monoisotopic (exact) mass is 275 g/mol. The van der Waals surface area contributed by atoms with Crippen LogP contribution in [0.5, 0.6) is 5.75 Å². The van der Waals surface area contributed by atoms with Crippen LogP contribution in [0.25, 0.3) is 0 Å². The van der Waals surface area contributed by atoms with Crippen molar-refractivity contribution in [1.29, 1.82) is 0 Å². The van der Waals surface area contributed by atoms with E-state index >= 15 is 0 Å². The number of benzene rings is 1. The minimum absolute atomic E-state index is 0.0909. The van der Waals surface area contributed by atoms with Crippen LogP contribution >= 0.6 is 0 Å². The first-order valence-corrected chi connectivity index (χ1v) is 6.05. The highest BCUT2D eigenvalue weighted by molar-refractivity contribution is 5.28. The van der Waals surface area contributed by atoms with Gasteiger partial charge in [0.2, 0.25) is 0 Å². The van der Waals surface area contributed by atoms with E-state index in [9.17, 15) is 13.2 Å². The molecule has 2 N–H and O–H groups in total. The summed E-state index contributed by atoms with van der Waals surface area (Å²) in [4.78, 5) is 0. The molecule has 1 unspecified atom stereocenters. The molecule has 0 aromatic heterocycles. The van der Waals surface area contributed by atoms with Gasteiger partial charge in [0, 0.05) is 18.6 Å². The van der Waals surface area contributed by atoms with Gasteiger partial charge in [-0.15, -0.1) is 13.2 Å². The maximum Gasteiger partial charge on any atom is 0.573 e. The first kappa shape index (κ1) is 14.1. The summed E-state index contributed by atoms with van der Waals surface area (Å²) in [7, 11) is 0. The van der Waals surface area contributed by atoms with Crippen LogP contribution in [-0.2, 0) is 11.2 Å². The van der Waals surface area contributed by atoms with E-state index in [-0.39, 0.29) is 11.2 Å². The Labute approximate surface area is 109 Å². The van der Waals surface area contributed by atoms with Crippen molar-refractivity contribution in [3.63, 3.8) is 0 Å². The number of ether oxygens (including phenoxy) is 2. The summed E-state index contributed by atoms with van der Waals surface area (Å²) in [5.74, 6) is -0.208. The topological polar surface area (TPSA) is 44.5 Å². The predicted molar refractivity (Wildman–Crippen MR) is 63.8 cm³/mol. The zero-order chi connectivity index (χ0) is 13.9. The first-order valence-electron chi connectivity index (χ1n) is 6.05. The molecule has 1 saturated heterocycles. The van der Waals surface area contributed by atoms with Gasteiger partial charge in [-0.3, -0.25) is 0 Å². The van der Waals surface area contributed by atoms with Crippen molar-refractivity contribution < 1.29 is 22.6 Å². The van der Waals surface area contributed by atoms with Gasteiger partial charge in [0.25, 0.3) is 0 Å². The molecule has 1 aromatic rings. The van der Waals surface area contributed by atoms with Gasteiger partial charge < -0.3 is 15.2 Å². The van der Waals surface area contributed by atoms with E-state index < -0.39 is 6.36 Å². The van der Waals surface area contributed by atoms with Gasteiger partial charge in [-0.1, -0.05) is 12.1 Å². The lowest BCUT2D eigenvalue weighted by atomic mass is 9.81. The van der Waals surface area contributed by atoms with Gasteiger partial charge >= 0.3 is 6.36 Å². The molecule has 6 heteroatoms. The van der Waals surface area contributed by atoms with Crippen LogP contribution in [0.3, 0.4) is 0 Å². The molecular weight excluding hydrogens is 259 g/mol. The molecule has 0 aliphatic carbocycles. The quantitative estimate of drug-likeness (QED) is 0.918. The Balaban J connectivity index is 2.02. The summed E-state index contributed by atoms with van der Waals surface area (Å²) in [6.07, 6.45) is -3.07. The summed E-state index contributed by atoms with van der Waals surface area (Å²) >= 11 is 0. The molecule has 106 valence electrons. The third-order valence-corrected chi connectivity index (χ3v) is 3.35. The molecule has 19 heavy (non-hydrogen) atoms. The number of nitrogens with two attached hydrogens (primary N) is 1. The van der Waals surface area contributed by atoms with Gasteiger partial charge in [0.1, 0.15) is 5.75 Å². The van der Waals surface area contributed by atoms with E-state index in [0.717, 1.165) is 12.0 Å². The molecule has 0 bridgehead atoms. The Bertz CT molecular complexity index is 411. The van der Waals surface area contributed by atoms with Crippen LogP contribution in [0.2, 0.25) is 0 Å². The number of halogens is 3. The fraction of sp³-hybridized carbons (Fsp3) is 0.538. The predicted octanol–water partition coefficient (Wildman–Crippen LogP) is 2.49. The molecule has 0 spiro atoms. The van der Waals surface area contributed by atoms with Gasteiger partial charge in [0.05, 0.1) is 6.61 Å². The summed E-state index contributed by atoms with van der Waals surface area (Å²) in [6.45, 7) is 1.80. The van der Waals surface area contributed by atoms with Gasteiger partial charge in [-0.2, -0.15) is 0 Å². The summed E-state index contributed by atoms with van der Waals surface area (Å²) in [6, 6.07) is 5.92. The molecule has 1 atom stereocenters.